The van der Waals surface area contributed by atoms with Gasteiger partial charge in [-0.25, -0.2) is 9.79 Å². The Kier molecular flexibility index (Phi) is 9.32. The highest BCUT2D eigenvalue weighted by Gasteiger charge is 2.31. The molecule has 2 heterocycles. The van der Waals surface area contributed by atoms with E-state index in [0.29, 0.717) is 52.0 Å². The number of benzene rings is 2. The van der Waals surface area contributed by atoms with Crippen LogP contribution in [0.1, 0.15) is 37.9 Å². The smallest absolute Gasteiger partial charge is 0.337 e. The Morgan fingerprint density at radius 3 is 2.50 bits per heavy atom. The van der Waals surface area contributed by atoms with Crippen LogP contribution in [0, 0.1) is 3.57 Å². The van der Waals surface area contributed by atoms with Gasteiger partial charge in [0.15, 0.2) is 16.3 Å². The molecule has 0 aliphatic carbocycles. The molecule has 0 bridgehead atoms. The monoisotopic (exact) mass is 712 g/mol. The summed E-state index contributed by atoms with van der Waals surface area (Å²) in [5, 5.41) is 0. The Labute approximate surface area is 245 Å². The number of hydrogen-bond acceptors (Lipinski definition) is 8. The Morgan fingerprint density at radius 2 is 1.82 bits per heavy atom. The minimum Gasteiger partial charge on any atom is -0.492 e. The number of carbonyl (C=O) groups is 1. The molecule has 11 heteroatoms. The Hall–Kier alpha value is -2.64. The third kappa shape index (κ3) is 5.69. The van der Waals surface area contributed by atoms with Crippen molar-refractivity contribution in [2.45, 2.75) is 26.8 Å². The first kappa shape index (κ1) is 28.4. The molecule has 38 heavy (non-hydrogen) atoms. The second kappa shape index (κ2) is 12.5. The van der Waals surface area contributed by atoms with Gasteiger partial charge in [0, 0.05) is 16.2 Å². The van der Waals surface area contributed by atoms with Gasteiger partial charge in [0.1, 0.15) is 5.75 Å². The van der Waals surface area contributed by atoms with E-state index < -0.39 is 12.0 Å². The maximum absolute atomic E-state index is 13.9. The number of rotatable bonds is 9. The number of halogens is 2. The molecule has 0 radical (unpaired) electrons. The molecule has 0 saturated carbocycles. The van der Waals surface area contributed by atoms with Gasteiger partial charge in [-0.1, -0.05) is 33.3 Å². The number of thiazole rings is 1. The van der Waals surface area contributed by atoms with Crippen molar-refractivity contribution in [3.8, 4) is 17.2 Å². The summed E-state index contributed by atoms with van der Waals surface area (Å²) in [6.45, 7) is 7.08. The summed E-state index contributed by atoms with van der Waals surface area (Å²) in [4.78, 5) is 31.6. The lowest BCUT2D eigenvalue weighted by molar-refractivity contribution is -0.136. The molecule has 0 fully saturated rings. The van der Waals surface area contributed by atoms with Crippen LogP contribution in [0.2, 0.25) is 0 Å². The second-order valence-electron chi connectivity index (χ2n) is 7.99. The SMILES string of the molecule is CCOc1ccc([C@@H]2C(C(=O)OC)=CN=c3s/c(=C/c4cc(Br)cc(I)c4OCC)c(=O)n32)cc1OCC. The van der Waals surface area contributed by atoms with Crippen molar-refractivity contribution in [3.63, 3.8) is 0 Å². The first-order valence-electron chi connectivity index (χ1n) is 11.9. The summed E-state index contributed by atoms with van der Waals surface area (Å²) < 4.78 is 26.2. The zero-order valence-corrected chi connectivity index (χ0v) is 25.8. The summed E-state index contributed by atoms with van der Waals surface area (Å²) in [6.07, 6.45) is 3.26. The van der Waals surface area contributed by atoms with Gasteiger partial charge in [0.2, 0.25) is 0 Å². The number of methoxy groups -OCH3 is 1. The van der Waals surface area contributed by atoms with E-state index in [9.17, 15) is 9.59 Å². The average molecular weight is 713 g/mol. The molecule has 1 aliphatic rings. The lowest BCUT2D eigenvalue weighted by Gasteiger charge is -2.23. The predicted octanol–water partition coefficient (Wildman–Crippen LogP) is 4.58. The van der Waals surface area contributed by atoms with E-state index in [4.69, 9.17) is 18.9 Å². The van der Waals surface area contributed by atoms with Gasteiger partial charge in [-0.3, -0.25) is 9.36 Å². The third-order valence-electron chi connectivity index (χ3n) is 5.62. The third-order valence-corrected chi connectivity index (χ3v) is 7.88. The second-order valence-corrected chi connectivity index (χ2v) is 11.1. The van der Waals surface area contributed by atoms with E-state index in [2.05, 4.69) is 43.5 Å². The molecule has 0 saturated heterocycles. The zero-order valence-electron chi connectivity index (χ0n) is 21.2. The highest BCUT2D eigenvalue weighted by molar-refractivity contribution is 14.1. The fraction of sp³-hybridized carbons (Fsp3) is 0.296. The minimum absolute atomic E-state index is 0.241. The molecule has 1 atom stereocenters. The summed E-state index contributed by atoms with van der Waals surface area (Å²) in [5.74, 6) is 1.24. The number of fused-ring (bicyclic) bond motifs is 1. The van der Waals surface area contributed by atoms with Crippen LogP contribution in [0.4, 0.5) is 0 Å². The van der Waals surface area contributed by atoms with E-state index in [1.807, 2.05) is 39.0 Å². The number of hydrogen-bond donors (Lipinski definition) is 0. The first-order chi connectivity index (χ1) is 18.3. The summed E-state index contributed by atoms with van der Waals surface area (Å²) in [7, 11) is 1.30. The quantitative estimate of drug-likeness (QED) is 0.239. The van der Waals surface area contributed by atoms with Crippen LogP contribution >= 0.6 is 49.9 Å². The van der Waals surface area contributed by atoms with Crippen molar-refractivity contribution in [3.05, 3.63) is 81.0 Å². The van der Waals surface area contributed by atoms with Crippen molar-refractivity contribution in [2.24, 2.45) is 4.99 Å². The normalized spacial score (nSPS) is 14.8. The highest BCUT2D eigenvalue weighted by Crippen LogP contribution is 2.35. The van der Waals surface area contributed by atoms with Gasteiger partial charge in [-0.2, -0.15) is 0 Å². The summed E-state index contributed by atoms with van der Waals surface area (Å²) in [6, 6.07) is 8.50. The van der Waals surface area contributed by atoms with Crippen LogP contribution in [0.25, 0.3) is 6.08 Å². The van der Waals surface area contributed by atoms with Crippen molar-refractivity contribution in [2.75, 3.05) is 26.9 Å². The molecule has 0 unspecified atom stereocenters. The maximum atomic E-state index is 13.9. The molecule has 3 aromatic rings. The topological polar surface area (TPSA) is 88.4 Å². The van der Waals surface area contributed by atoms with Crippen LogP contribution < -0.4 is 29.1 Å². The molecule has 1 aliphatic heterocycles. The van der Waals surface area contributed by atoms with Crippen molar-refractivity contribution >= 4 is 61.9 Å². The van der Waals surface area contributed by atoms with Gasteiger partial charge >= 0.3 is 5.97 Å². The summed E-state index contributed by atoms with van der Waals surface area (Å²) in [5.41, 5.74) is 1.39. The molecule has 4 rings (SSSR count). The molecule has 8 nitrogen and oxygen atoms in total. The van der Waals surface area contributed by atoms with Crippen molar-refractivity contribution < 1.29 is 23.7 Å². The number of nitrogens with zero attached hydrogens (tertiary/aromatic N) is 2. The van der Waals surface area contributed by atoms with Crippen LogP contribution in [-0.2, 0) is 9.53 Å². The van der Waals surface area contributed by atoms with E-state index in [1.54, 1.807) is 18.2 Å². The minimum atomic E-state index is -0.759. The first-order valence-corrected chi connectivity index (χ1v) is 14.6. The Bertz CT molecular complexity index is 1580. The van der Waals surface area contributed by atoms with Crippen molar-refractivity contribution in [1.82, 2.24) is 4.57 Å². The highest BCUT2D eigenvalue weighted by atomic mass is 127. The van der Waals surface area contributed by atoms with E-state index in [1.165, 1.54) is 29.2 Å². The maximum Gasteiger partial charge on any atom is 0.337 e. The largest absolute Gasteiger partial charge is 0.492 e. The molecular formula is C27H26BrIN2O6S. The number of esters is 1. The van der Waals surface area contributed by atoms with Crippen LogP contribution in [0.3, 0.4) is 0 Å². The predicted molar refractivity (Wildman–Crippen MR) is 158 cm³/mol. The molecule has 0 spiro atoms. The zero-order chi connectivity index (χ0) is 27.4. The number of carbonyl (C=O) groups excluding carboxylic acids is 1. The van der Waals surface area contributed by atoms with Gasteiger partial charge in [0.25, 0.3) is 5.56 Å². The van der Waals surface area contributed by atoms with E-state index in [-0.39, 0.29) is 11.1 Å². The molecule has 200 valence electrons. The standard InChI is InChI=1S/C27H26BrIN2O6S/c1-5-35-20-9-8-15(11-21(20)36-6-2)23-18(26(33)34-4)14-30-27-31(23)25(32)22(38-27)12-16-10-17(28)13-19(29)24(16)37-7-3/h8-14,23H,5-7H2,1-4H3/b22-12+/t23-/m1/s1. The van der Waals surface area contributed by atoms with Gasteiger partial charge in [-0.05, 0) is 79.3 Å². The lowest BCUT2D eigenvalue weighted by atomic mass is 9.97. The van der Waals surface area contributed by atoms with E-state index in [0.717, 1.165) is 13.6 Å². The Balaban J connectivity index is 1.94. The van der Waals surface area contributed by atoms with Gasteiger partial charge in [-0.15, -0.1) is 0 Å². The van der Waals surface area contributed by atoms with Crippen LogP contribution in [0.5, 0.6) is 17.2 Å². The van der Waals surface area contributed by atoms with Gasteiger partial charge in [0.05, 0.1) is 46.6 Å². The summed E-state index contributed by atoms with van der Waals surface area (Å²) >= 11 is 6.99. The van der Waals surface area contributed by atoms with Crippen LogP contribution in [-0.4, -0.2) is 37.5 Å². The lowest BCUT2D eigenvalue weighted by Crippen LogP contribution is -2.39. The average Bonchev–Trinajstić information content (AvgIpc) is 3.21. The van der Waals surface area contributed by atoms with Crippen molar-refractivity contribution in [1.29, 1.82) is 0 Å². The number of ether oxygens (including phenoxy) is 4. The Morgan fingerprint density at radius 1 is 1.11 bits per heavy atom. The molecule has 1 aromatic heterocycles. The molecule has 0 amide bonds. The fourth-order valence-corrected chi connectivity index (χ4v) is 6.78. The molecule has 2 aromatic carbocycles. The molecule has 0 N–H and O–H groups in total. The van der Waals surface area contributed by atoms with Crippen LogP contribution in [0.15, 0.2) is 56.4 Å². The van der Waals surface area contributed by atoms with E-state index >= 15 is 0 Å². The number of aromatic nitrogens is 1. The fourth-order valence-electron chi connectivity index (χ4n) is 4.11. The van der Waals surface area contributed by atoms with Gasteiger partial charge < -0.3 is 18.9 Å². The molecular weight excluding hydrogens is 687 g/mol.